The smallest absolute Gasteiger partial charge is 0.326 e. The molecule has 0 aromatic heterocycles. The maximum atomic E-state index is 12.1. The number of nitrogens with zero attached hydrogens (tertiary/aromatic N) is 1. The van der Waals surface area contributed by atoms with Crippen LogP contribution in [0.4, 0.5) is 5.69 Å². The Morgan fingerprint density at radius 2 is 1.95 bits per heavy atom. The average molecular weight is 359 g/mol. The second kappa shape index (κ2) is 6.21. The van der Waals surface area contributed by atoms with Crippen molar-refractivity contribution in [2.45, 2.75) is 26.8 Å². The summed E-state index contributed by atoms with van der Waals surface area (Å²) in [4.78, 5) is 33.5. The summed E-state index contributed by atoms with van der Waals surface area (Å²) in [5.74, 6) is -1.84. The van der Waals surface area contributed by atoms with E-state index in [1.54, 1.807) is 20.8 Å². The Morgan fingerprint density at radius 3 is 2.38 bits per heavy atom. The molecule has 1 atom stereocenters. The van der Waals surface area contributed by atoms with Crippen LogP contribution in [0.2, 0.25) is 0 Å². The fourth-order valence-corrected chi connectivity index (χ4v) is 2.05. The van der Waals surface area contributed by atoms with Crippen molar-refractivity contribution in [2.75, 3.05) is 0 Å². The van der Waals surface area contributed by atoms with Gasteiger partial charge in [-0.1, -0.05) is 20.8 Å². The molecule has 0 saturated carbocycles. The van der Waals surface area contributed by atoms with Crippen molar-refractivity contribution in [1.82, 2.24) is 5.32 Å². The highest BCUT2D eigenvalue weighted by molar-refractivity contribution is 9.10. The summed E-state index contributed by atoms with van der Waals surface area (Å²) in [5.41, 5.74) is -0.923. The summed E-state index contributed by atoms with van der Waals surface area (Å²) in [6.07, 6.45) is 0. The topological polar surface area (TPSA) is 110 Å². The molecule has 2 N–H and O–H groups in total. The summed E-state index contributed by atoms with van der Waals surface area (Å²) in [7, 11) is 0. The van der Waals surface area contributed by atoms with E-state index in [-0.39, 0.29) is 15.7 Å². The molecule has 0 aliphatic rings. The van der Waals surface area contributed by atoms with E-state index in [0.29, 0.717) is 0 Å². The van der Waals surface area contributed by atoms with Gasteiger partial charge in [0.2, 0.25) is 0 Å². The third-order valence-electron chi connectivity index (χ3n) is 2.79. The maximum Gasteiger partial charge on any atom is 0.326 e. The predicted molar refractivity (Wildman–Crippen MR) is 79.1 cm³/mol. The summed E-state index contributed by atoms with van der Waals surface area (Å²) in [6.45, 7) is 5.03. The van der Waals surface area contributed by atoms with Crippen LogP contribution in [0, 0.1) is 15.5 Å². The fourth-order valence-electron chi connectivity index (χ4n) is 1.66. The third kappa shape index (κ3) is 4.25. The monoisotopic (exact) mass is 358 g/mol. The number of aliphatic carboxylic acids is 1. The second-order valence-electron chi connectivity index (χ2n) is 5.53. The van der Waals surface area contributed by atoms with Crippen molar-refractivity contribution in [3.05, 3.63) is 38.3 Å². The van der Waals surface area contributed by atoms with Gasteiger partial charge in [0.15, 0.2) is 0 Å². The van der Waals surface area contributed by atoms with Gasteiger partial charge in [-0.2, -0.15) is 0 Å². The van der Waals surface area contributed by atoms with E-state index in [2.05, 4.69) is 21.2 Å². The van der Waals surface area contributed by atoms with Crippen LogP contribution >= 0.6 is 15.9 Å². The molecular formula is C13H15BrN2O5. The zero-order chi connectivity index (χ0) is 16.4. The Balaban J connectivity index is 3.07. The molecule has 7 nitrogen and oxygen atoms in total. The lowest BCUT2D eigenvalue weighted by atomic mass is 9.86. The molecular weight excluding hydrogens is 344 g/mol. The quantitative estimate of drug-likeness (QED) is 0.634. The van der Waals surface area contributed by atoms with Crippen LogP contribution < -0.4 is 5.32 Å². The summed E-state index contributed by atoms with van der Waals surface area (Å²) in [6, 6.07) is 2.75. The maximum absolute atomic E-state index is 12.1. The number of nitro groups is 1. The van der Waals surface area contributed by atoms with Crippen molar-refractivity contribution in [1.29, 1.82) is 0 Å². The lowest BCUT2D eigenvalue weighted by Crippen LogP contribution is -2.49. The molecule has 0 spiro atoms. The molecule has 0 saturated heterocycles. The van der Waals surface area contributed by atoms with Crippen LogP contribution in [0.15, 0.2) is 22.7 Å². The molecule has 8 heteroatoms. The first-order chi connectivity index (χ1) is 9.54. The highest BCUT2D eigenvalue weighted by atomic mass is 79.9. The van der Waals surface area contributed by atoms with E-state index < -0.39 is 28.3 Å². The van der Waals surface area contributed by atoms with Crippen molar-refractivity contribution in [2.24, 2.45) is 5.41 Å². The van der Waals surface area contributed by atoms with E-state index in [1.807, 2.05) is 0 Å². The Labute approximate surface area is 129 Å². The lowest BCUT2D eigenvalue weighted by molar-refractivity contribution is -0.385. The van der Waals surface area contributed by atoms with Gasteiger partial charge in [-0.15, -0.1) is 0 Å². The number of hydrogen-bond acceptors (Lipinski definition) is 4. The zero-order valence-electron chi connectivity index (χ0n) is 11.7. The van der Waals surface area contributed by atoms with Crippen LogP contribution in [0.5, 0.6) is 0 Å². The SMILES string of the molecule is CC(C)(C)[C@@H](NC(=O)c1ccc(Br)c([N+](=O)[O-])c1)C(=O)O. The molecule has 1 aromatic carbocycles. The van der Waals surface area contributed by atoms with Crippen molar-refractivity contribution < 1.29 is 19.6 Å². The van der Waals surface area contributed by atoms with Crippen molar-refractivity contribution in [3.63, 3.8) is 0 Å². The van der Waals surface area contributed by atoms with Crippen LogP contribution in [-0.4, -0.2) is 27.9 Å². The van der Waals surface area contributed by atoms with Crippen LogP contribution in [0.25, 0.3) is 0 Å². The number of carbonyl (C=O) groups is 2. The number of carbonyl (C=O) groups excluding carboxylic acids is 1. The Bertz CT molecular complexity index is 595. The molecule has 0 heterocycles. The van der Waals surface area contributed by atoms with Gasteiger partial charge in [0.25, 0.3) is 11.6 Å². The van der Waals surface area contributed by atoms with E-state index >= 15 is 0 Å². The summed E-state index contributed by atoms with van der Waals surface area (Å²) < 4.78 is 0.245. The van der Waals surface area contributed by atoms with E-state index in [4.69, 9.17) is 5.11 Å². The Kier molecular flexibility index (Phi) is 5.06. The molecule has 0 unspecified atom stereocenters. The molecule has 1 amide bonds. The zero-order valence-corrected chi connectivity index (χ0v) is 13.3. The molecule has 114 valence electrons. The standard InChI is InChI=1S/C13H15BrN2O5/c1-13(2,3)10(12(18)19)15-11(17)7-4-5-8(14)9(6-7)16(20)21/h4-6,10H,1-3H3,(H,15,17)(H,18,19)/t10-/m0/s1. The minimum absolute atomic E-state index is 0.0281. The average Bonchev–Trinajstić information content (AvgIpc) is 2.33. The molecule has 0 aliphatic carbocycles. The first-order valence-corrected chi connectivity index (χ1v) is 6.81. The molecule has 0 bridgehead atoms. The van der Waals surface area contributed by atoms with Gasteiger partial charge >= 0.3 is 5.97 Å². The highest BCUT2D eigenvalue weighted by Gasteiger charge is 2.33. The highest BCUT2D eigenvalue weighted by Crippen LogP contribution is 2.26. The Hall–Kier alpha value is -1.96. The van der Waals surface area contributed by atoms with Gasteiger partial charge in [-0.05, 0) is 33.5 Å². The van der Waals surface area contributed by atoms with Crippen molar-refractivity contribution in [3.8, 4) is 0 Å². The van der Waals surface area contributed by atoms with E-state index in [0.717, 1.165) is 6.07 Å². The number of amides is 1. The van der Waals surface area contributed by atoms with Gasteiger partial charge in [0, 0.05) is 11.6 Å². The summed E-state index contributed by atoms with van der Waals surface area (Å²) >= 11 is 3.02. The van der Waals surface area contributed by atoms with Crippen LogP contribution in [0.3, 0.4) is 0 Å². The van der Waals surface area contributed by atoms with Crippen LogP contribution in [0.1, 0.15) is 31.1 Å². The Morgan fingerprint density at radius 1 is 1.38 bits per heavy atom. The van der Waals surface area contributed by atoms with Gasteiger partial charge in [-0.25, -0.2) is 4.79 Å². The number of carboxylic acids is 1. The normalized spacial score (nSPS) is 12.6. The van der Waals surface area contributed by atoms with Gasteiger partial charge < -0.3 is 10.4 Å². The second-order valence-corrected chi connectivity index (χ2v) is 6.39. The fraction of sp³-hybridized carbons (Fsp3) is 0.385. The van der Waals surface area contributed by atoms with Gasteiger partial charge in [0.05, 0.1) is 9.40 Å². The number of benzene rings is 1. The number of nitro benzene ring substituents is 1. The molecule has 1 aromatic rings. The third-order valence-corrected chi connectivity index (χ3v) is 3.46. The first kappa shape index (κ1) is 17.1. The molecule has 1 rings (SSSR count). The largest absolute Gasteiger partial charge is 0.480 e. The predicted octanol–water partition coefficient (Wildman–Crippen LogP) is 2.59. The lowest BCUT2D eigenvalue weighted by Gasteiger charge is -2.27. The van der Waals surface area contributed by atoms with E-state index in [9.17, 15) is 19.7 Å². The van der Waals surface area contributed by atoms with Crippen molar-refractivity contribution >= 4 is 33.5 Å². The number of halogens is 1. The molecule has 0 fully saturated rings. The molecule has 21 heavy (non-hydrogen) atoms. The number of carboxylic acid groups (broad SMARTS) is 1. The minimum Gasteiger partial charge on any atom is -0.480 e. The minimum atomic E-state index is -1.16. The molecule has 0 radical (unpaired) electrons. The van der Waals surface area contributed by atoms with E-state index in [1.165, 1.54) is 12.1 Å². The molecule has 0 aliphatic heterocycles. The number of rotatable bonds is 4. The number of hydrogen-bond donors (Lipinski definition) is 2. The van der Waals surface area contributed by atoms with Gasteiger partial charge in [-0.3, -0.25) is 14.9 Å². The first-order valence-electron chi connectivity index (χ1n) is 6.01. The number of nitrogens with one attached hydrogen (secondary N) is 1. The van der Waals surface area contributed by atoms with Crippen LogP contribution in [-0.2, 0) is 4.79 Å². The van der Waals surface area contributed by atoms with Gasteiger partial charge in [0.1, 0.15) is 6.04 Å². The summed E-state index contributed by atoms with van der Waals surface area (Å²) in [5, 5.41) is 22.4.